The van der Waals surface area contributed by atoms with Gasteiger partial charge in [-0.05, 0) is 55.3 Å². The molecular formula is C18H20N2O2. The van der Waals surface area contributed by atoms with Gasteiger partial charge in [0.2, 0.25) is 5.91 Å². The van der Waals surface area contributed by atoms with Crippen LogP contribution in [0.5, 0.6) is 5.75 Å². The van der Waals surface area contributed by atoms with Crippen LogP contribution >= 0.6 is 0 Å². The lowest BCUT2D eigenvalue weighted by molar-refractivity contribution is -0.125. The van der Waals surface area contributed by atoms with E-state index in [1.54, 1.807) is 0 Å². The molecule has 0 bridgehead atoms. The highest BCUT2D eigenvalue weighted by molar-refractivity contribution is 5.94. The molecule has 1 heterocycles. The van der Waals surface area contributed by atoms with Crippen molar-refractivity contribution < 1.29 is 9.53 Å². The van der Waals surface area contributed by atoms with Gasteiger partial charge in [-0.2, -0.15) is 0 Å². The molecule has 0 spiro atoms. The van der Waals surface area contributed by atoms with E-state index in [0.717, 1.165) is 27.8 Å². The predicted octanol–water partition coefficient (Wildman–Crippen LogP) is 3.24. The van der Waals surface area contributed by atoms with E-state index in [4.69, 9.17) is 4.74 Å². The van der Waals surface area contributed by atoms with Crippen molar-refractivity contribution in [3.63, 3.8) is 0 Å². The van der Waals surface area contributed by atoms with Crippen LogP contribution in [0.25, 0.3) is 16.8 Å². The SMILES string of the molecule is CCOc1cc(/C=C2\NNC(=O)C2(C)C)c2ccccc2c1. The zero-order chi connectivity index (χ0) is 15.7. The van der Waals surface area contributed by atoms with Gasteiger partial charge in [0.25, 0.3) is 0 Å². The van der Waals surface area contributed by atoms with Crippen molar-refractivity contribution in [2.45, 2.75) is 20.8 Å². The summed E-state index contributed by atoms with van der Waals surface area (Å²) in [5, 5.41) is 2.26. The van der Waals surface area contributed by atoms with Gasteiger partial charge in [-0.3, -0.25) is 10.2 Å². The molecule has 1 aliphatic rings. The molecule has 0 aromatic heterocycles. The molecule has 0 unspecified atom stereocenters. The van der Waals surface area contributed by atoms with Crippen molar-refractivity contribution in [2.24, 2.45) is 5.41 Å². The van der Waals surface area contributed by atoms with Crippen molar-refractivity contribution in [1.82, 2.24) is 10.9 Å². The summed E-state index contributed by atoms with van der Waals surface area (Å²) < 4.78 is 5.66. The average molecular weight is 296 g/mol. The first-order valence-corrected chi connectivity index (χ1v) is 7.46. The Kier molecular flexibility index (Phi) is 3.53. The molecule has 2 aromatic rings. The number of nitrogens with one attached hydrogen (secondary N) is 2. The van der Waals surface area contributed by atoms with Gasteiger partial charge >= 0.3 is 0 Å². The van der Waals surface area contributed by atoms with Crippen molar-refractivity contribution in [3.05, 3.63) is 47.7 Å². The highest BCUT2D eigenvalue weighted by Gasteiger charge is 2.37. The van der Waals surface area contributed by atoms with Gasteiger partial charge in [0, 0.05) is 5.70 Å². The molecule has 1 saturated heterocycles. The molecule has 2 aromatic carbocycles. The van der Waals surface area contributed by atoms with Crippen LogP contribution in [0.15, 0.2) is 42.1 Å². The third-order valence-electron chi connectivity index (χ3n) is 4.03. The van der Waals surface area contributed by atoms with Crippen LogP contribution < -0.4 is 15.6 Å². The Balaban J connectivity index is 2.15. The van der Waals surface area contributed by atoms with Crippen LogP contribution in [0.4, 0.5) is 0 Å². The highest BCUT2D eigenvalue weighted by Crippen LogP contribution is 2.33. The number of fused-ring (bicyclic) bond motifs is 1. The van der Waals surface area contributed by atoms with Gasteiger partial charge < -0.3 is 10.2 Å². The fourth-order valence-corrected chi connectivity index (χ4v) is 2.61. The van der Waals surface area contributed by atoms with Crippen LogP contribution in [0.1, 0.15) is 26.3 Å². The van der Waals surface area contributed by atoms with Crippen LogP contribution in [-0.4, -0.2) is 12.5 Å². The number of amides is 1. The monoisotopic (exact) mass is 296 g/mol. The summed E-state index contributed by atoms with van der Waals surface area (Å²) in [6, 6.07) is 12.2. The van der Waals surface area contributed by atoms with E-state index >= 15 is 0 Å². The minimum atomic E-state index is -0.567. The van der Waals surface area contributed by atoms with E-state index in [2.05, 4.69) is 23.0 Å². The van der Waals surface area contributed by atoms with Crippen LogP contribution in [0.2, 0.25) is 0 Å². The van der Waals surface area contributed by atoms with Crippen molar-refractivity contribution in [1.29, 1.82) is 0 Å². The van der Waals surface area contributed by atoms with E-state index < -0.39 is 5.41 Å². The van der Waals surface area contributed by atoms with Crippen molar-refractivity contribution in [2.75, 3.05) is 6.61 Å². The number of hydrogen-bond acceptors (Lipinski definition) is 3. The van der Waals surface area contributed by atoms with Crippen LogP contribution in [0, 0.1) is 5.41 Å². The van der Waals surface area contributed by atoms with E-state index in [1.807, 2.05) is 51.1 Å². The molecule has 1 aliphatic heterocycles. The Labute approximate surface area is 130 Å². The lowest BCUT2D eigenvalue weighted by Gasteiger charge is -2.15. The summed E-state index contributed by atoms with van der Waals surface area (Å²) in [7, 11) is 0. The smallest absolute Gasteiger partial charge is 0.249 e. The topological polar surface area (TPSA) is 50.4 Å². The number of carbonyl (C=O) groups is 1. The van der Waals surface area contributed by atoms with Gasteiger partial charge in [0.05, 0.1) is 12.0 Å². The molecule has 4 heteroatoms. The molecular weight excluding hydrogens is 276 g/mol. The van der Waals surface area contributed by atoms with E-state index in [-0.39, 0.29) is 5.91 Å². The molecule has 0 radical (unpaired) electrons. The first-order chi connectivity index (χ1) is 10.5. The number of hydrogen-bond donors (Lipinski definition) is 2. The Morgan fingerprint density at radius 3 is 2.64 bits per heavy atom. The maximum absolute atomic E-state index is 11.9. The molecule has 0 atom stereocenters. The zero-order valence-electron chi connectivity index (χ0n) is 13.1. The molecule has 1 fully saturated rings. The van der Waals surface area contributed by atoms with Gasteiger partial charge in [0.1, 0.15) is 5.75 Å². The number of hydrazine groups is 1. The average Bonchev–Trinajstić information content (AvgIpc) is 2.74. The quantitative estimate of drug-likeness (QED) is 0.914. The molecule has 1 amide bonds. The summed E-state index contributed by atoms with van der Waals surface area (Å²) in [5.41, 5.74) is 6.99. The second-order valence-electron chi connectivity index (χ2n) is 5.93. The molecule has 2 N–H and O–H groups in total. The summed E-state index contributed by atoms with van der Waals surface area (Å²) in [6.45, 7) is 6.40. The van der Waals surface area contributed by atoms with Crippen molar-refractivity contribution >= 4 is 22.8 Å². The van der Waals surface area contributed by atoms with E-state index in [9.17, 15) is 4.79 Å². The fraction of sp³-hybridized carbons (Fsp3) is 0.278. The fourth-order valence-electron chi connectivity index (χ4n) is 2.61. The Hall–Kier alpha value is -2.49. The maximum atomic E-state index is 11.9. The lowest BCUT2D eigenvalue weighted by Crippen LogP contribution is -2.28. The molecule has 0 aliphatic carbocycles. The zero-order valence-corrected chi connectivity index (χ0v) is 13.1. The Morgan fingerprint density at radius 1 is 1.18 bits per heavy atom. The van der Waals surface area contributed by atoms with E-state index in [0.29, 0.717) is 6.61 Å². The minimum absolute atomic E-state index is 0.0241. The maximum Gasteiger partial charge on any atom is 0.249 e. The molecule has 22 heavy (non-hydrogen) atoms. The Bertz CT molecular complexity index is 763. The largest absolute Gasteiger partial charge is 0.494 e. The molecule has 4 nitrogen and oxygen atoms in total. The highest BCUT2D eigenvalue weighted by atomic mass is 16.5. The standard InChI is InChI=1S/C18H20N2O2/c1-4-22-14-9-12-7-5-6-8-15(12)13(10-14)11-16-18(2,3)17(21)20-19-16/h5-11,19H,4H2,1-3H3,(H,20,21)/b16-11-. The van der Waals surface area contributed by atoms with Crippen molar-refractivity contribution in [3.8, 4) is 5.75 Å². The number of benzene rings is 2. The van der Waals surface area contributed by atoms with Gasteiger partial charge in [-0.15, -0.1) is 0 Å². The summed E-state index contributed by atoms with van der Waals surface area (Å²) in [4.78, 5) is 11.9. The summed E-state index contributed by atoms with van der Waals surface area (Å²) in [5.74, 6) is 0.812. The normalized spacial score (nSPS) is 18.3. The van der Waals surface area contributed by atoms with E-state index in [1.165, 1.54) is 0 Å². The van der Waals surface area contributed by atoms with Crippen LogP contribution in [-0.2, 0) is 4.79 Å². The third-order valence-corrected chi connectivity index (χ3v) is 4.03. The minimum Gasteiger partial charge on any atom is -0.494 e. The first-order valence-electron chi connectivity index (χ1n) is 7.46. The second kappa shape index (κ2) is 5.37. The predicted molar refractivity (Wildman–Crippen MR) is 88.2 cm³/mol. The first kappa shape index (κ1) is 14.4. The Morgan fingerprint density at radius 2 is 1.95 bits per heavy atom. The number of ether oxygens (including phenoxy) is 1. The third kappa shape index (κ3) is 2.41. The summed E-state index contributed by atoms with van der Waals surface area (Å²) in [6.07, 6.45) is 2.02. The lowest BCUT2D eigenvalue weighted by atomic mass is 9.88. The summed E-state index contributed by atoms with van der Waals surface area (Å²) >= 11 is 0. The molecule has 114 valence electrons. The van der Waals surface area contributed by atoms with Gasteiger partial charge in [-0.25, -0.2) is 0 Å². The molecule has 3 rings (SSSR count). The van der Waals surface area contributed by atoms with Gasteiger partial charge in [-0.1, -0.05) is 24.3 Å². The van der Waals surface area contributed by atoms with Crippen LogP contribution in [0.3, 0.4) is 0 Å². The number of rotatable bonds is 3. The molecule has 0 saturated carbocycles. The second-order valence-corrected chi connectivity index (χ2v) is 5.93. The number of carbonyl (C=O) groups excluding carboxylic acids is 1. The van der Waals surface area contributed by atoms with Gasteiger partial charge in [0.15, 0.2) is 0 Å².